The second-order valence-corrected chi connectivity index (χ2v) is 8.11. The number of hydrogen-bond acceptors (Lipinski definition) is 4. The molecule has 3 rings (SSSR count). The molecule has 0 bridgehead atoms. The monoisotopic (exact) mass is 394 g/mol. The maximum absolute atomic E-state index is 12.6. The van der Waals surface area contributed by atoms with Crippen molar-refractivity contribution in [3.05, 3.63) is 58.6 Å². The summed E-state index contributed by atoms with van der Waals surface area (Å²) in [6, 6.07) is 11.0. The highest BCUT2D eigenvalue weighted by Gasteiger charge is 2.21. The lowest BCUT2D eigenvalue weighted by Crippen LogP contribution is -2.40. The van der Waals surface area contributed by atoms with E-state index >= 15 is 0 Å². The van der Waals surface area contributed by atoms with Gasteiger partial charge in [-0.1, -0.05) is 29.3 Å². The van der Waals surface area contributed by atoms with Gasteiger partial charge in [-0.2, -0.15) is 0 Å². The molecule has 2 aromatic carbocycles. The van der Waals surface area contributed by atoms with Crippen LogP contribution in [0.2, 0.25) is 5.02 Å². The number of amides is 1. The Morgan fingerprint density at radius 1 is 1.12 bits per heavy atom. The van der Waals surface area contributed by atoms with Crippen LogP contribution < -0.4 is 4.72 Å². The second-order valence-electron chi connectivity index (χ2n) is 6.02. The van der Waals surface area contributed by atoms with Crippen LogP contribution in [0, 0.1) is 6.92 Å². The number of rotatable bonds is 4. The van der Waals surface area contributed by atoms with Crippen molar-refractivity contribution in [2.45, 2.75) is 11.8 Å². The fourth-order valence-electron chi connectivity index (χ4n) is 2.61. The van der Waals surface area contributed by atoms with E-state index in [2.05, 4.69) is 4.72 Å². The summed E-state index contributed by atoms with van der Waals surface area (Å²) in [4.78, 5) is 14.4. The van der Waals surface area contributed by atoms with Crippen molar-refractivity contribution in [1.82, 2.24) is 4.90 Å². The average Bonchev–Trinajstić information content (AvgIpc) is 2.64. The number of halogens is 1. The van der Waals surface area contributed by atoms with Gasteiger partial charge in [-0.05, 0) is 37.3 Å². The van der Waals surface area contributed by atoms with Gasteiger partial charge in [0.25, 0.3) is 15.9 Å². The Labute approximate surface area is 157 Å². The van der Waals surface area contributed by atoms with E-state index in [0.717, 1.165) is 5.56 Å². The first-order chi connectivity index (χ1) is 12.4. The first-order valence-electron chi connectivity index (χ1n) is 8.13. The van der Waals surface area contributed by atoms with E-state index in [1.54, 1.807) is 23.1 Å². The number of anilines is 1. The highest BCUT2D eigenvalue weighted by molar-refractivity contribution is 7.92. The molecule has 2 aromatic rings. The van der Waals surface area contributed by atoms with Crippen molar-refractivity contribution in [1.29, 1.82) is 0 Å². The Balaban J connectivity index is 1.85. The molecule has 1 aliphatic rings. The minimum absolute atomic E-state index is 0.129. The lowest BCUT2D eigenvalue weighted by atomic mass is 10.1. The molecule has 1 saturated heterocycles. The van der Waals surface area contributed by atoms with Gasteiger partial charge in [-0.25, -0.2) is 8.42 Å². The number of morpholine rings is 1. The lowest BCUT2D eigenvalue weighted by Gasteiger charge is -2.27. The summed E-state index contributed by atoms with van der Waals surface area (Å²) >= 11 is 6.13. The molecule has 0 aromatic heterocycles. The van der Waals surface area contributed by atoms with Crippen LogP contribution in [0.1, 0.15) is 15.9 Å². The number of hydrogen-bond donors (Lipinski definition) is 1. The van der Waals surface area contributed by atoms with Crippen molar-refractivity contribution in [2.75, 3.05) is 31.0 Å². The first-order valence-corrected chi connectivity index (χ1v) is 9.99. The number of carbonyl (C=O) groups is 1. The van der Waals surface area contributed by atoms with Crippen LogP contribution in [0.15, 0.2) is 47.4 Å². The highest BCUT2D eigenvalue weighted by Crippen LogP contribution is 2.26. The number of ether oxygens (including phenoxy) is 1. The van der Waals surface area contributed by atoms with Gasteiger partial charge in [-0.15, -0.1) is 0 Å². The number of aryl methyl sites for hydroxylation is 1. The molecule has 0 unspecified atom stereocenters. The molecule has 138 valence electrons. The zero-order valence-corrected chi connectivity index (χ0v) is 15.8. The number of carbonyl (C=O) groups excluding carboxylic acids is 1. The summed E-state index contributed by atoms with van der Waals surface area (Å²) < 4.78 is 32.8. The van der Waals surface area contributed by atoms with Crippen LogP contribution in [-0.4, -0.2) is 45.5 Å². The zero-order valence-electron chi connectivity index (χ0n) is 14.2. The fourth-order valence-corrected chi connectivity index (χ4v) is 3.90. The molecule has 1 amide bonds. The number of nitrogens with zero attached hydrogens (tertiary/aromatic N) is 1. The molecule has 26 heavy (non-hydrogen) atoms. The molecular weight excluding hydrogens is 376 g/mol. The van der Waals surface area contributed by atoms with Crippen molar-refractivity contribution < 1.29 is 17.9 Å². The Morgan fingerprint density at radius 3 is 2.42 bits per heavy atom. The maximum Gasteiger partial charge on any atom is 0.261 e. The van der Waals surface area contributed by atoms with E-state index in [1.165, 1.54) is 24.3 Å². The average molecular weight is 395 g/mol. The molecule has 0 saturated carbocycles. The van der Waals surface area contributed by atoms with Crippen LogP contribution in [0.5, 0.6) is 0 Å². The van der Waals surface area contributed by atoms with E-state index in [0.29, 0.717) is 31.9 Å². The minimum atomic E-state index is -3.80. The molecule has 0 aliphatic carbocycles. The first kappa shape index (κ1) is 18.7. The van der Waals surface area contributed by atoms with Crippen LogP contribution in [0.3, 0.4) is 0 Å². The highest BCUT2D eigenvalue weighted by atomic mass is 35.5. The Kier molecular flexibility index (Phi) is 5.50. The van der Waals surface area contributed by atoms with Crippen molar-refractivity contribution in [3.8, 4) is 0 Å². The molecule has 6 nitrogen and oxygen atoms in total. The molecule has 8 heteroatoms. The largest absolute Gasteiger partial charge is 0.378 e. The number of nitrogens with one attached hydrogen (secondary N) is 1. The number of benzene rings is 2. The predicted molar refractivity (Wildman–Crippen MR) is 100 cm³/mol. The predicted octanol–water partition coefficient (Wildman–Crippen LogP) is 2.92. The van der Waals surface area contributed by atoms with E-state index in [1.807, 2.05) is 6.92 Å². The quantitative estimate of drug-likeness (QED) is 0.865. The zero-order chi connectivity index (χ0) is 18.7. The minimum Gasteiger partial charge on any atom is -0.378 e. The molecule has 1 fully saturated rings. The van der Waals surface area contributed by atoms with Crippen LogP contribution in [0.4, 0.5) is 5.69 Å². The second kappa shape index (κ2) is 7.65. The third-order valence-electron chi connectivity index (χ3n) is 4.09. The lowest BCUT2D eigenvalue weighted by molar-refractivity contribution is 0.0303. The van der Waals surface area contributed by atoms with E-state index in [9.17, 15) is 13.2 Å². The van der Waals surface area contributed by atoms with Gasteiger partial charge in [0.2, 0.25) is 0 Å². The Bertz CT molecular complexity index is 907. The molecule has 0 atom stereocenters. The van der Waals surface area contributed by atoms with Crippen LogP contribution in [-0.2, 0) is 14.8 Å². The van der Waals surface area contributed by atoms with Crippen LogP contribution in [0.25, 0.3) is 0 Å². The van der Waals surface area contributed by atoms with E-state index in [-0.39, 0.29) is 21.5 Å². The van der Waals surface area contributed by atoms with Gasteiger partial charge in [0.05, 0.1) is 28.8 Å². The van der Waals surface area contributed by atoms with Gasteiger partial charge in [-0.3, -0.25) is 9.52 Å². The fraction of sp³-hybridized carbons (Fsp3) is 0.278. The smallest absolute Gasteiger partial charge is 0.261 e. The summed E-state index contributed by atoms with van der Waals surface area (Å²) in [5, 5.41) is 0.221. The van der Waals surface area contributed by atoms with E-state index in [4.69, 9.17) is 16.3 Å². The molecule has 1 aliphatic heterocycles. The van der Waals surface area contributed by atoms with Gasteiger partial charge >= 0.3 is 0 Å². The normalized spacial score (nSPS) is 14.9. The SMILES string of the molecule is Cc1ccc(S(=O)(=O)Nc2cc(C(=O)N3CCOCC3)ccc2Cl)cc1. The van der Waals surface area contributed by atoms with Crippen molar-refractivity contribution >= 4 is 33.2 Å². The summed E-state index contributed by atoms with van der Waals surface area (Å²) in [7, 11) is -3.80. The Morgan fingerprint density at radius 2 is 1.77 bits per heavy atom. The van der Waals surface area contributed by atoms with E-state index < -0.39 is 10.0 Å². The van der Waals surface area contributed by atoms with Crippen molar-refractivity contribution in [2.24, 2.45) is 0 Å². The standard InChI is InChI=1S/C18H19ClN2O4S/c1-13-2-5-15(6-3-13)26(23,24)20-17-12-14(4-7-16(17)19)18(22)21-8-10-25-11-9-21/h2-7,12,20H,8-11H2,1H3. The van der Waals surface area contributed by atoms with Gasteiger partial charge in [0.1, 0.15) is 0 Å². The summed E-state index contributed by atoms with van der Waals surface area (Å²) in [5.41, 5.74) is 1.50. The topological polar surface area (TPSA) is 75.7 Å². The molecule has 0 spiro atoms. The summed E-state index contributed by atoms with van der Waals surface area (Å²) in [6.07, 6.45) is 0. The summed E-state index contributed by atoms with van der Waals surface area (Å²) in [6.45, 7) is 3.87. The van der Waals surface area contributed by atoms with Gasteiger partial charge in [0, 0.05) is 18.7 Å². The van der Waals surface area contributed by atoms with Crippen LogP contribution >= 0.6 is 11.6 Å². The Hall–Kier alpha value is -2.09. The molecule has 1 heterocycles. The third kappa shape index (κ3) is 4.17. The third-order valence-corrected chi connectivity index (χ3v) is 5.80. The number of sulfonamides is 1. The maximum atomic E-state index is 12.6. The molecular formula is C18H19ClN2O4S. The van der Waals surface area contributed by atoms with Gasteiger partial charge in [0.15, 0.2) is 0 Å². The van der Waals surface area contributed by atoms with Crippen molar-refractivity contribution in [3.63, 3.8) is 0 Å². The molecule has 1 N–H and O–H groups in total. The van der Waals surface area contributed by atoms with Gasteiger partial charge < -0.3 is 9.64 Å². The summed E-state index contributed by atoms with van der Waals surface area (Å²) in [5.74, 6) is -0.180. The molecule has 0 radical (unpaired) electrons.